The van der Waals surface area contributed by atoms with Gasteiger partial charge in [0, 0.05) is 49.4 Å². The number of nitro benzene ring substituents is 1. The van der Waals surface area contributed by atoms with E-state index in [1.54, 1.807) is 13.8 Å². The van der Waals surface area contributed by atoms with Crippen LogP contribution < -0.4 is 0 Å². The van der Waals surface area contributed by atoms with Crippen LogP contribution in [0, 0.1) is 10.1 Å². The Kier molecular flexibility index (Phi) is 7.34. The lowest BCUT2D eigenvalue weighted by molar-refractivity contribution is -0.384. The van der Waals surface area contributed by atoms with E-state index < -0.39 is 14.9 Å². The third-order valence-corrected chi connectivity index (χ3v) is 6.87. The van der Waals surface area contributed by atoms with Crippen molar-refractivity contribution in [1.29, 1.82) is 0 Å². The van der Waals surface area contributed by atoms with Crippen LogP contribution in [0.1, 0.15) is 29.8 Å². The van der Waals surface area contributed by atoms with Gasteiger partial charge in [-0.15, -0.1) is 0 Å². The summed E-state index contributed by atoms with van der Waals surface area (Å²) in [5.41, 5.74) is 0.626. The van der Waals surface area contributed by atoms with Crippen LogP contribution in [-0.4, -0.2) is 48.6 Å². The molecule has 2 aromatic rings. The van der Waals surface area contributed by atoms with E-state index in [2.05, 4.69) is 0 Å². The fourth-order valence-electron chi connectivity index (χ4n) is 2.83. The first-order chi connectivity index (χ1) is 13.6. The molecule has 0 fully saturated rings. The largest absolute Gasteiger partial charge is 0.337 e. The molecular formula is C19H22ClN3O5S. The van der Waals surface area contributed by atoms with Gasteiger partial charge in [-0.1, -0.05) is 25.4 Å². The van der Waals surface area contributed by atoms with Gasteiger partial charge >= 0.3 is 0 Å². The zero-order valence-corrected chi connectivity index (χ0v) is 17.9. The van der Waals surface area contributed by atoms with Crippen LogP contribution >= 0.6 is 11.6 Å². The number of hydrogen-bond acceptors (Lipinski definition) is 5. The maximum Gasteiger partial charge on any atom is 0.269 e. The minimum absolute atomic E-state index is 0.0683. The number of benzene rings is 2. The number of non-ortho nitro benzene ring substituents is 1. The Morgan fingerprint density at radius 1 is 1.10 bits per heavy atom. The van der Waals surface area contributed by atoms with Gasteiger partial charge in [-0.05, 0) is 35.9 Å². The molecule has 0 aliphatic carbocycles. The predicted molar refractivity (Wildman–Crippen MR) is 110 cm³/mol. The number of nitrogens with zero attached hydrogens (tertiary/aromatic N) is 3. The Morgan fingerprint density at radius 3 is 2.21 bits per heavy atom. The highest BCUT2D eigenvalue weighted by molar-refractivity contribution is 7.89. The molecule has 2 aromatic carbocycles. The summed E-state index contributed by atoms with van der Waals surface area (Å²) in [7, 11) is -2.06. The molecule has 0 saturated heterocycles. The van der Waals surface area contributed by atoms with Gasteiger partial charge in [0.2, 0.25) is 10.0 Å². The van der Waals surface area contributed by atoms with E-state index in [4.69, 9.17) is 11.6 Å². The van der Waals surface area contributed by atoms with Crippen LogP contribution in [0.3, 0.4) is 0 Å². The van der Waals surface area contributed by atoms with E-state index in [0.717, 1.165) is 0 Å². The lowest BCUT2D eigenvalue weighted by Crippen LogP contribution is -2.30. The number of halogens is 1. The van der Waals surface area contributed by atoms with Gasteiger partial charge in [0.1, 0.15) is 0 Å². The molecule has 2 rings (SSSR count). The Balaban J connectivity index is 2.21. The summed E-state index contributed by atoms with van der Waals surface area (Å²) in [4.78, 5) is 24.6. The zero-order valence-electron chi connectivity index (χ0n) is 16.3. The molecule has 0 spiro atoms. The molecule has 8 nitrogen and oxygen atoms in total. The van der Waals surface area contributed by atoms with Gasteiger partial charge in [-0.2, -0.15) is 4.31 Å². The standard InChI is InChI=1S/C19H22ClN3O5S/c1-4-22(5-2)29(27,28)17-9-6-14(7-10-17)19(24)21(3)13-15-12-16(23(25)26)8-11-18(15)20/h6-12H,4-5,13H2,1-3H3. The van der Waals surface area contributed by atoms with Crippen LogP contribution in [0.4, 0.5) is 5.69 Å². The summed E-state index contributed by atoms with van der Waals surface area (Å²) in [6, 6.07) is 9.73. The molecule has 0 bridgehead atoms. The van der Waals surface area contributed by atoms with Crippen molar-refractivity contribution in [2.45, 2.75) is 25.3 Å². The predicted octanol–water partition coefficient (Wildman–Crippen LogP) is 3.55. The van der Waals surface area contributed by atoms with Crippen molar-refractivity contribution in [3.8, 4) is 0 Å². The molecule has 0 atom stereocenters. The van der Waals surface area contributed by atoms with E-state index in [9.17, 15) is 23.3 Å². The van der Waals surface area contributed by atoms with E-state index >= 15 is 0 Å². The number of rotatable bonds is 8. The highest BCUT2D eigenvalue weighted by Crippen LogP contribution is 2.24. The number of carbonyl (C=O) groups is 1. The molecule has 0 N–H and O–H groups in total. The van der Waals surface area contributed by atoms with E-state index in [0.29, 0.717) is 29.2 Å². The van der Waals surface area contributed by atoms with Crippen LogP contribution in [0.2, 0.25) is 5.02 Å². The molecule has 156 valence electrons. The first kappa shape index (κ1) is 22.8. The lowest BCUT2D eigenvalue weighted by Gasteiger charge is -2.20. The third kappa shape index (κ3) is 5.11. The Hall–Kier alpha value is -2.49. The van der Waals surface area contributed by atoms with Gasteiger partial charge < -0.3 is 4.90 Å². The molecule has 0 unspecified atom stereocenters. The van der Waals surface area contributed by atoms with Crippen LogP contribution in [0.5, 0.6) is 0 Å². The van der Waals surface area contributed by atoms with Gasteiger partial charge in [-0.3, -0.25) is 14.9 Å². The van der Waals surface area contributed by atoms with Crippen LogP contribution in [0.15, 0.2) is 47.4 Å². The first-order valence-electron chi connectivity index (χ1n) is 8.90. The van der Waals surface area contributed by atoms with Crippen molar-refractivity contribution in [2.24, 2.45) is 0 Å². The number of carbonyl (C=O) groups excluding carboxylic acids is 1. The summed E-state index contributed by atoms with van der Waals surface area (Å²) in [5.74, 6) is -0.362. The summed E-state index contributed by atoms with van der Waals surface area (Å²) >= 11 is 6.09. The lowest BCUT2D eigenvalue weighted by atomic mass is 10.1. The second kappa shape index (κ2) is 9.34. The van der Waals surface area contributed by atoms with Crippen molar-refractivity contribution in [2.75, 3.05) is 20.1 Å². The highest BCUT2D eigenvalue weighted by atomic mass is 35.5. The number of sulfonamides is 1. The van der Waals surface area contributed by atoms with Crippen molar-refractivity contribution in [3.05, 3.63) is 68.7 Å². The Labute approximate surface area is 174 Å². The quantitative estimate of drug-likeness (QED) is 0.462. The summed E-state index contributed by atoms with van der Waals surface area (Å²) in [5, 5.41) is 11.3. The van der Waals surface area contributed by atoms with Crippen LogP contribution in [-0.2, 0) is 16.6 Å². The average molecular weight is 440 g/mol. The van der Waals surface area contributed by atoms with E-state index in [1.807, 2.05) is 0 Å². The molecule has 0 saturated carbocycles. The van der Waals surface area contributed by atoms with Crippen molar-refractivity contribution in [1.82, 2.24) is 9.21 Å². The van der Waals surface area contributed by atoms with Gasteiger partial charge in [-0.25, -0.2) is 8.42 Å². The second-order valence-corrected chi connectivity index (χ2v) is 8.65. The molecule has 0 aliphatic heterocycles. The highest BCUT2D eigenvalue weighted by Gasteiger charge is 2.22. The molecule has 10 heteroatoms. The van der Waals surface area contributed by atoms with Gasteiger partial charge in [0.15, 0.2) is 0 Å². The second-order valence-electron chi connectivity index (χ2n) is 6.31. The minimum Gasteiger partial charge on any atom is -0.337 e. The normalized spacial score (nSPS) is 11.5. The number of hydrogen-bond donors (Lipinski definition) is 0. The molecule has 0 heterocycles. The molecular weight excluding hydrogens is 418 g/mol. The average Bonchev–Trinajstić information content (AvgIpc) is 2.69. The van der Waals surface area contributed by atoms with Crippen molar-refractivity contribution >= 4 is 33.2 Å². The summed E-state index contributed by atoms with van der Waals surface area (Å²) < 4.78 is 26.4. The third-order valence-electron chi connectivity index (χ3n) is 4.44. The SMILES string of the molecule is CCN(CC)S(=O)(=O)c1ccc(C(=O)N(C)Cc2cc([N+](=O)[O-])ccc2Cl)cc1. The van der Waals surface area contributed by atoms with Gasteiger partial charge in [0.25, 0.3) is 11.6 Å². The van der Waals surface area contributed by atoms with Crippen LogP contribution in [0.25, 0.3) is 0 Å². The smallest absolute Gasteiger partial charge is 0.269 e. The summed E-state index contributed by atoms with van der Waals surface area (Å²) in [6.07, 6.45) is 0. The number of nitro groups is 1. The molecule has 0 aliphatic rings. The molecule has 1 amide bonds. The molecule has 0 radical (unpaired) electrons. The molecule has 29 heavy (non-hydrogen) atoms. The zero-order chi connectivity index (χ0) is 21.8. The first-order valence-corrected chi connectivity index (χ1v) is 10.7. The molecule has 0 aromatic heterocycles. The fourth-order valence-corrected chi connectivity index (χ4v) is 4.46. The van der Waals surface area contributed by atoms with Gasteiger partial charge in [0.05, 0.1) is 9.82 Å². The van der Waals surface area contributed by atoms with E-state index in [-0.39, 0.29) is 23.0 Å². The fraction of sp³-hybridized carbons (Fsp3) is 0.316. The maximum atomic E-state index is 12.7. The number of amides is 1. The minimum atomic E-state index is -3.60. The monoisotopic (exact) mass is 439 g/mol. The Bertz CT molecular complexity index is 1010. The van der Waals surface area contributed by atoms with E-state index in [1.165, 1.54) is 58.7 Å². The maximum absolute atomic E-state index is 12.7. The van der Waals surface area contributed by atoms with Crippen molar-refractivity contribution in [3.63, 3.8) is 0 Å². The summed E-state index contributed by atoms with van der Waals surface area (Å²) in [6.45, 7) is 4.29. The van der Waals surface area contributed by atoms with Crippen molar-refractivity contribution < 1.29 is 18.1 Å². The topological polar surface area (TPSA) is 101 Å². The Morgan fingerprint density at radius 2 is 1.69 bits per heavy atom.